The number of ketones is 1. The van der Waals surface area contributed by atoms with Crippen molar-refractivity contribution in [3.05, 3.63) is 23.8 Å². The van der Waals surface area contributed by atoms with Crippen LogP contribution in [0.1, 0.15) is 17.3 Å². The third kappa shape index (κ3) is 1.29. The van der Waals surface area contributed by atoms with Crippen LogP contribution in [0.5, 0.6) is 0 Å². The third-order valence-electron chi connectivity index (χ3n) is 1.90. The molecule has 0 saturated heterocycles. The van der Waals surface area contributed by atoms with Crippen molar-refractivity contribution in [2.75, 3.05) is 5.73 Å². The van der Waals surface area contributed by atoms with Gasteiger partial charge in [0.1, 0.15) is 5.82 Å². The number of nitrogen functional groups attached to an aromatic ring is 1. The Morgan fingerprint density at radius 3 is 3.00 bits per heavy atom. The summed E-state index contributed by atoms with van der Waals surface area (Å²) in [6.07, 6.45) is 0. The molecule has 0 amide bonds. The quantitative estimate of drug-likeness (QED) is 0.704. The molecule has 2 aromatic rings. The predicted octanol–water partition coefficient (Wildman–Crippen LogP) is 2.08. The maximum atomic E-state index is 11.1. The van der Waals surface area contributed by atoms with Crippen LogP contribution in [0.15, 0.2) is 18.2 Å². The minimum atomic E-state index is 0.0486. The van der Waals surface area contributed by atoms with Gasteiger partial charge in [-0.25, -0.2) is 0 Å². The number of anilines is 1. The largest absolute Gasteiger partial charge is 0.382 e. The number of aromatic nitrogens is 1. The molecule has 1 heterocycles. The lowest BCUT2D eigenvalue weighted by molar-refractivity contribution is 0.101. The van der Waals surface area contributed by atoms with Crippen LogP contribution in [0, 0.1) is 0 Å². The molecule has 1 aromatic heterocycles. The fraction of sp³-hybridized carbons (Fsp3) is 0.111. The molecule has 0 unspecified atom stereocenters. The molecule has 0 spiro atoms. The van der Waals surface area contributed by atoms with Crippen molar-refractivity contribution in [1.82, 2.24) is 4.37 Å². The van der Waals surface area contributed by atoms with E-state index >= 15 is 0 Å². The molecule has 0 aliphatic rings. The second-order valence-electron chi connectivity index (χ2n) is 2.83. The molecular formula is C9H8N2OS. The Morgan fingerprint density at radius 1 is 1.54 bits per heavy atom. The first kappa shape index (κ1) is 8.19. The Balaban J connectivity index is 2.72. The predicted molar refractivity (Wildman–Crippen MR) is 54.0 cm³/mol. The van der Waals surface area contributed by atoms with Crippen LogP contribution < -0.4 is 5.73 Å². The summed E-state index contributed by atoms with van der Waals surface area (Å²) in [5, 5.41) is 0.873. The van der Waals surface area contributed by atoms with Gasteiger partial charge in [-0.3, -0.25) is 4.79 Å². The SMILES string of the molecule is CC(=O)c1ccc2snc(N)c2c1. The summed E-state index contributed by atoms with van der Waals surface area (Å²) in [4.78, 5) is 11.1. The highest BCUT2D eigenvalue weighted by Gasteiger charge is 2.05. The Labute approximate surface area is 79.3 Å². The van der Waals surface area contributed by atoms with E-state index in [1.165, 1.54) is 18.5 Å². The molecule has 2 N–H and O–H groups in total. The monoisotopic (exact) mass is 192 g/mol. The van der Waals surface area contributed by atoms with Crippen LogP contribution in [0.2, 0.25) is 0 Å². The van der Waals surface area contributed by atoms with Gasteiger partial charge in [0.05, 0.1) is 4.70 Å². The number of nitrogens with zero attached hydrogens (tertiary/aromatic N) is 1. The van der Waals surface area contributed by atoms with Crippen molar-refractivity contribution in [2.24, 2.45) is 0 Å². The lowest BCUT2D eigenvalue weighted by atomic mass is 10.1. The maximum Gasteiger partial charge on any atom is 0.159 e. The zero-order valence-electron chi connectivity index (χ0n) is 7.07. The molecule has 0 bridgehead atoms. The average molecular weight is 192 g/mol. The normalized spacial score (nSPS) is 10.5. The highest BCUT2D eigenvalue weighted by atomic mass is 32.1. The van der Waals surface area contributed by atoms with E-state index in [1.807, 2.05) is 6.07 Å². The number of Topliss-reactive ketones (excluding diaryl/α,β-unsaturated/α-hetero) is 1. The Morgan fingerprint density at radius 2 is 2.31 bits per heavy atom. The van der Waals surface area contributed by atoms with Crippen LogP contribution in [0.25, 0.3) is 10.1 Å². The molecule has 0 saturated carbocycles. The van der Waals surface area contributed by atoms with Crippen molar-refractivity contribution in [2.45, 2.75) is 6.92 Å². The van der Waals surface area contributed by atoms with Crippen LogP contribution in [-0.2, 0) is 0 Å². The van der Waals surface area contributed by atoms with Gasteiger partial charge >= 0.3 is 0 Å². The van der Waals surface area contributed by atoms with E-state index < -0.39 is 0 Å². The van der Waals surface area contributed by atoms with E-state index in [9.17, 15) is 4.79 Å². The highest BCUT2D eigenvalue weighted by molar-refractivity contribution is 7.13. The van der Waals surface area contributed by atoms with E-state index in [2.05, 4.69) is 4.37 Å². The van der Waals surface area contributed by atoms with E-state index in [0.717, 1.165) is 10.1 Å². The number of rotatable bonds is 1. The van der Waals surface area contributed by atoms with Crippen molar-refractivity contribution in [3.8, 4) is 0 Å². The summed E-state index contributed by atoms with van der Waals surface area (Å²) in [6, 6.07) is 5.46. The van der Waals surface area contributed by atoms with Gasteiger partial charge < -0.3 is 5.73 Å². The van der Waals surface area contributed by atoms with Gasteiger partial charge in [0, 0.05) is 10.9 Å². The number of hydrogen-bond donors (Lipinski definition) is 1. The first-order valence-corrected chi connectivity index (χ1v) is 4.61. The minimum Gasteiger partial charge on any atom is -0.382 e. The van der Waals surface area contributed by atoms with Crippen molar-refractivity contribution < 1.29 is 4.79 Å². The molecule has 0 aliphatic carbocycles. The van der Waals surface area contributed by atoms with Gasteiger partial charge in [-0.2, -0.15) is 4.37 Å². The van der Waals surface area contributed by atoms with Gasteiger partial charge in [-0.15, -0.1) is 0 Å². The summed E-state index contributed by atoms with van der Waals surface area (Å²) in [7, 11) is 0. The van der Waals surface area contributed by atoms with Gasteiger partial charge in [-0.1, -0.05) is 0 Å². The summed E-state index contributed by atoms with van der Waals surface area (Å²) >= 11 is 1.35. The number of fused-ring (bicyclic) bond motifs is 1. The summed E-state index contributed by atoms with van der Waals surface area (Å²) in [5.41, 5.74) is 6.31. The second kappa shape index (κ2) is 2.81. The number of carbonyl (C=O) groups excluding carboxylic acids is 1. The Kier molecular flexibility index (Phi) is 1.77. The lowest BCUT2D eigenvalue weighted by Crippen LogP contribution is -1.91. The zero-order chi connectivity index (χ0) is 9.42. The second-order valence-corrected chi connectivity index (χ2v) is 3.64. The number of carbonyl (C=O) groups is 1. The molecule has 66 valence electrons. The van der Waals surface area contributed by atoms with Crippen molar-refractivity contribution >= 4 is 33.2 Å². The molecule has 1 aromatic carbocycles. The van der Waals surface area contributed by atoms with Gasteiger partial charge in [0.2, 0.25) is 0 Å². The van der Waals surface area contributed by atoms with E-state index in [0.29, 0.717) is 11.4 Å². The summed E-state index contributed by atoms with van der Waals surface area (Å²) < 4.78 is 5.02. The molecule has 13 heavy (non-hydrogen) atoms. The van der Waals surface area contributed by atoms with Gasteiger partial charge in [-0.05, 0) is 36.7 Å². The topological polar surface area (TPSA) is 56.0 Å². The van der Waals surface area contributed by atoms with E-state index in [1.54, 1.807) is 12.1 Å². The third-order valence-corrected chi connectivity index (χ3v) is 2.75. The maximum absolute atomic E-state index is 11.1. The standard InChI is InChI=1S/C9H8N2OS/c1-5(12)6-2-3-8-7(4-6)9(10)11-13-8/h2-4H,1H3,(H2,10,11). The fourth-order valence-electron chi connectivity index (χ4n) is 1.18. The molecule has 0 atom stereocenters. The van der Waals surface area contributed by atoms with Crippen molar-refractivity contribution in [3.63, 3.8) is 0 Å². The van der Waals surface area contributed by atoms with Crippen LogP contribution in [-0.4, -0.2) is 10.2 Å². The van der Waals surface area contributed by atoms with Gasteiger partial charge in [0.15, 0.2) is 5.78 Å². The smallest absolute Gasteiger partial charge is 0.159 e. The highest BCUT2D eigenvalue weighted by Crippen LogP contribution is 2.25. The van der Waals surface area contributed by atoms with Gasteiger partial charge in [0.25, 0.3) is 0 Å². The van der Waals surface area contributed by atoms with Crippen LogP contribution in [0.3, 0.4) is 0 Å². The zero-order valence-corrected chi connectivity index (χ0v) is 7.89. The molecule has 2 rings (SSSR count). The van der Waals surface area contributed by atoms with E-state index in [-0.39, 0.29) is 5.78 Å². The molecule has 3 nitrogen and oxygen atoms in total. The summed E-state index contributed by atoms with van der Waals surface area (Å²) in [6.45, 7) is 1.54. The number of hydrogen-bond acceptors (Lipinski definition) is 4. The minimum absolute atomic E-state index is 0.0486. The molecular weight excluding hydrogens is 184 g/mol. The van der Waals surface area contributed by atoms with Crippen LogP contribution >= 0.6 is 11.5 Å². The Hall–Kier alpha value is -1.42. The first-order valence-electron chi connectivity index (χ1n) is 3.84. The number of benzene rings is 1. The van der Waals surface area contributed by atoms with Crippen molar-refractivity contribution in [1.29, 1.82) is 0 Å². The number of nitrogens with two attached hydrogens (primary N) is 1. The molecule has 0 radical (unpaired) electrons. The first-order chi connectivity index (χ1) is 6.18. The molecule has 0 aliphatic heterocycles. The lowest BCUT2D eigenvalue weighted by Gasteiger charge is -1.94. The molecule has 4 heteroatoms. The fourth-order valence-corrected chi connectivity index (χ4v) is 1.86. The Bertz CT molecular complexity index is 475. The van der Waals surface area contributed by atoms with E-state index in [4.69, 9.17) is 5.73 Å². The molecule has 0 fully saturated rings. The average Bonchev–Trinajstić information content (AvgIpc) is 2.47. The summed E-state index contributed by atoms with van der Waals surface area (Å²) in [5.74, 6) is 0.551. The van der Waals surface area contributed by atoms with Crippen LogP contribution in [0.4, 0.5) is 5.82 Å².